The van der Waals surface area contributed by atoms with Gasteiger partial charge in [0.1, 0.15) is 11.3 Å². The molecule has 0 aliphatic carbocycles. The molecule has 5 heteroatoms. The monoisotopic (exact) mass is 291 g/mol. The van der Waals surface area contributed by atoms with Crippen LogP contribution in [-0.2, 0) is 9.59 Å². The second-order valence-electron chi connectivity index (χ2n) is 6.29. The van der Waals surface area contributed by atoms with E-state index in [0.29, 0.717) is 11.4 Å². The molecule has 114 valence electrons. The van der Waals surface area contributed by atoms with Crippen molar-refractivity contribution in [3.05, 3.63) is 23.8 Å². The average Bonchev–Trinajstić information content (AvgIpc) is 2.37. The summed E-state index contributed by atoms with van der Waals surface area (Å²) in [5.74, 6) is -0.846. The summed E-state index contributed by atoms with van der Waals surface area (Å²) >= 11 is 0. The van der Waals surface area contributed by atoms with Crippen molar-refractivity contribution >= 4 is 17.6 Å². The third-order valence-electron chi connectivity index (χ3n) is 3.76. The Morgan fingerprint density at radius 3 is 2.52 bits per heavy atom. The Morgan fingerprint density at radius 1 is 1.38 bits per heavy atom. The third-order valence-corrected chi connectivity index (χ3v) is 3.76. The van der Waals surface area contributed by atoms with Crippen LogP contribution in [0.15, 0.2) is 18.2 Å². The fourth-order valence-electron chi connectivity index (χ4n) is 2.43. The smallest absolute Gasteiger partial charge is 0.329 e. The molecule has 1 N–H and O–H groups in total. The summed E-state index contributed by atoms with van der Waals surface area (Å²) in [6, 6.07) is 5.42. The summed E-state index contributed by atoms with van der Waals surface area (Å²) in [6.45, 7) is 8.75. The van der Waals surface area contributed by atoms with Gasteiger partial charge in [-0.1, -0.05) is 19.9 Å². The van der Waals surface area contributed by atoms with Gasteiger partial charge in [-0.3, -0.25) is 9.69 Å². The molecule has 1 aromatic rings. The normalized spacial score (nSPS) is 18.5. The van der Waals surface area contributed by atoms with E-state index in [2.05, 4.69) is 0 Å². The van der Waals surface area contributed by atoms with Gasteiger partial charge in [-0.25, -0.2) is 4.79 Å². The van der Waals surface area contributed by atoms with Crippen LogP contribution in [0.2, 0.25) is 0 Å². The number of benzene rings is 1. The molecule has 0 bridgehead atoms. The fourth-order valence-corrected chi connectivity index (χ4v) is 2.43. The number of amides is 1. The number of rotatable bonds is 3. The summed E-state index contributed by atoms with van der Waals surface area (Å²) in [5, 5.41) is 9.48. The molecule has 0 spiro atoms. The number of aryl methyl sites for hydroxylation is 1. The molecule has 1 atom stereocenters. The van der Waals surface area contributed by atoms with Crippen molar-refractivity contribution in [2.45, 2.75) is 46.3 Å². The van der Waals surface area contributed by atoms with E-state index in [4.69, 9.17) is 4.74 Å². The Hall–Kier alpha value is -2.04. The van der Waals surface area contributed by atoms with Crippen molar-refractivity contribution in [3.63, 3.8) is 0 Å². The lowest BCUT2D eigenvalue weighted by Crippen LogP contribution is -2.60. The van der Waals surface area contributed by atoms with Gasteiger partial charge in [0.25, 0.3) is 5.91 Å². The molecule has 0 fully saturated rings. The summed E-state index contributed by atoms with van der Waals surface area (Å²) in [7, 11) is 0. The van der Waals surface area contributed by atoms with Crippen LogP contribution in [0.25, 0.3) is 0 Å². The lowest BCUT2D eigenvalue weighted by molar-refractivity contribution is -0.145. The summed E-state index contributed by atoms with van der Waals surface area (Å²) < 4.78 is 5.81. The Balaban J connectivity index is 2.62. The highest BCUT2D eigenvalue weighted by Gasteiger charge is 2.46. The van der Waals surface area contributed by atoms with Crippen molar-refractivity contribution in [3.8, 4) is 5.75 Å². The average molecular weight is 291 g/mol. The zero-order chi connectivity index (χ0) is 15.9. The van der Waals surface area contributed by atoms with Crippen LogP contribution in [0.1, 0.15) is 33.3 Å². The van der Waals surface area contributed by atoms with Crippen LogP contribution in [-0.4, -0.2) is 28.6 Å². The predicted octanol–water partition coefficient (Wildman–Crippen LogP) is 2.61. The van der Waals surface area contributed by atoms with E-state index in [1.54, 1.807) is 6.07 Å². The number of hydrogen-bond acceptors (Lipinski definition) is 3. The van der Waals surface area contributed by atoms with Gasteiger partial charge in [0.05, 0.1) is 5.69 Å². The first-order valence-electron chi connectivity index (χ1n) is 7.01. The molecule has 1 heterocycles. The van der Waals surface area contributed by atoms with E-state index >= 15 is 0 Å². The number of ether oxygens (including phenoxy) is 1. The lowest BCUT2D eigenvalue weighted by Gasteiger charge is -2.42. The second kappa shape index (κ2) is 5.06. The molecule has 0 saturated heterocycles. The standard InChI is InChI=1S/C16H21NO4/c1-9(2)13-14(18)17(16(4,5)15(19)20)11-7-6-10(3)8-12(11)21-13/h6-9,13H,1-5H3,(H,19,20). The molecular formula is C16H21NO4. The highest BCUT2D eigenvalue weighted by molar-refractivity contribution is 6.06. The molecule has 2 rings (SSSR count). The van der Waals surface area contributed by atoms with Gasteiger partial charge < -0.3 is 9.84 Å². The van der Waals surface area contributed by atoms with Gasteiger partial charge in [0.15, 0.2) is 6.10 Å². The Labute approximate surface area is 124 Å². The van der Waals surface area contributed by atoms with Gasteiger partial charge in [0, 0.05) is 0 Å². The van der Waals surface area contributed by atoms with Crippen LogP contribution in [0.3, 0.4) is 0 Å². The van der Waals surface area contributed by atoms with Crippen LogP contribution >= 0.6 is 0 Å². The maximum absolute atomic E-state index is 12.7. The first-order valence-corrected chi connectivity index (χ1v) is 7.01. The first kappa shape index (κ1) is 15.4. The quantitative estimate of drug-likeness (QED) is 0.929. The molecule has 21 heavy (non-hydrogen) atoms. The van der Waals surface area contributed by atoms with E-state index in [1.807, 2.05) is 32.9 Å². The highest BCUT2D eigenvalue weighted by atomic mass is 16.5. The van der Waals surface area contributed by atoms with Crippen molar-refractivity contribution < 1.29 is 19.4 Å². The molecule has 5 nitrogen and oxygen atoms in total. The maximum Gasteiger partial charge on any atom is 0.329 e. The van der Waals surface area contributed by atoms with E-state index < -0.39 is 17.6 Å². The van der Waals surface area contributed by atoms with Gasteiger partial charge in [-0.2, -0.15) is 0 Å². The SMILES string of the molecule is Cc1ccc2c(c1)OC(C(C)C)C(=O)N2C(C)(C)C(=O)O. The Bertz CT molecular complexity index is 592. The van der Waals surface area contributed by atoms with E-state index in [9.17, 15) is 14.7 Å². The summed E-state index contributed by atoms with van der Waals surface area (Å²) in [6.07, 6.45) is -0.669. The number of hydrogen-bond donors (Lipinski definition) is 1. The van der Waals surface area contributed by atoms with Gasteiger partial charge >= 0.3 is 5.97 Å². The first-order chi connectivity index (χ1) is 9.66. The van der Waals surface area contributed by atoms with Crippen molar-refractivity contribution in [1.29, 1.82) is 0 Å². The second-order valence-corrected chi connectivity index (χ2v) is 6.29. The maximum atomic E-state index is 12.7. The highest BCUT2D eigenvalue weighted by Crippen LogP contribution is 2.40. The van der Waals surface area contributed by atoms with Crippen LogP contribution in [0, 0.1) is 12.8 Å². The fraction of sp³-hybridized carbons (Fsp3) is 0.500. The Kier molecular flexibility index (Phi) is 3.70. The van der Waals surface area contributed by atoms with Crippen molar-refractivity contribution in [1.82, 2.24) is 0 Å². The number of carboxylic acid groups (broad SMARTS) is 1. The number of carboxylic acids is 1. The molecule has 1 amide bonds. The minimum Gasteiger partial charge on any atom is -0.480 e. The molecule has 1 aliphatic heterocycles. The van der Waals surface area contributed by atoms with Crippen molar-refractivity contribution in [2.75, 3.05) is 4.90 Å². The molecule has 1 unspecified atom stereocenters. The number of nitrogens with zero attached hydrogens (tertiary/aromatic N) is 1. The van der Waals surface area contributed by atoms with Gasteiger partial charge in [-0.15, -0.1) is 0 Å². The zero-order valence-electron chi connectivity index (χ0n) is 13.0. The predicted molar refractivity (Wildman–Crippen MR) is 79.6 cm³/mol. The summed E-state index contributed by atoms with van der Waals surface area (Å²) in [4.78, 5) is 25.6. The molecule has 1 aliphatic rings. The largest absolute Gasteiger partial charge is 0.480 e. The molecule has 0 aromatic heterocycles. The topological polar surface area (TPSA) is 66.8 Å². The molecule has 0 radical (unpaired) electrons. The minimum atomic E-state index is -1.34. The van der Waals surface area contributed by atoms with Crippen molar-refractivity contribution in [2.24, 2.45) is 5.92 Å². The van der Waals surface area contributed by atoms with Gasteiger partial charge in [-0.05, 0) is 44.4 Å². The number of aliphatic carboxylic acids is 1. The molecular weight excluding hydrogens is 270 g/mol. The lowest BCUT2D eigenvalue weighted by atomic mass is 9.95. The van der Waals surface area contributed by atoms with E-state index in [-0.39, 0.29) is 11.8 Å². The molecule has 0 saturated carbocycles. The van der Waals surface area contributed by atoms with Crippen LogP contribution in [0.5, 0.6) is 5.75 Å². The Morgan fingerprint density at radius 2 is 2.00 bits per heavy atom. The number of fused-ring (bicyclic) bond motifs is 1. The number of carbonyl (C=O) groups is 2. The van der Waals surface area contributed by atoms with E-state index in [0.717, 1.165) is 5.56 Å². The van der Waals surface area contributed by atoms with Crippen LogP contribution < -0.4 is 9.64 Å². The number of carbonyl (C=O) groups excluding carboxylic acids is 1. The van der Waals surface area contributed by atoms with E-state index in [1.165, 1.54) is 18.7 Å². The van der Waals surface area contributed by atoms with Crippen LogP contribution in [0.4, 0.5) is 5.69 Å². The summed E-state index contributed by atoms with van der Waals surface area (Å²) in [5.41, 5.74) is 0.173. The molecule has 1 aromatic carbocycles. The van der Waals surface area contributed by atoms with Gasteiger partial charge in [0.2, 0.25) is 0 Å². The number of anilines is 1. The third kappa shape index (κ3) is 2.48. The minimum absolute atomic E-state index is 0.0433. The zero-order valence-corrected chi connectivity index (χ0v) is 13.0.